The topological polar surface area (TPSA) is 36.7 Å². The fourth-order valence-corrected chi connectivity index (χ4v) is 3.38. The Morgan fingerprint density at radius 1 is 1.21 bits per heavy atom. The molecule has 0 radical (unpaired) electrons. The Bertz CT molecular complexity index is 777. The first-order chi connectivity index (χ1) is 11.5. The molecule has 1 amide bonds. The molecule has 24 heavy (non-hydrogen) atoms. The molecule has 0 aliphatic carbocycles. The van der Waals surface area contributed by atoms with E-state index in [0.717, 1.165) is 16.7 Å². The van der Waals surface area contributed by atoms with E-state index in [1.807, 2.05) is 54.7 Å². The molecule has 0 aliphatic rings. The number of carbonyl (C=O) groups is 1. The van der Waals surface area contributed by atoms with Gasteiger partial charge in [-0.2, -0.15) is 0 Å². The first kappa shape index (κ1) is 16.7. The van der Waals surface area contributed by atoms with Crippen LogP contribution in [-0.2, 0) is 11.3 Å². The summed E-state index contributed by atoms with van der Waals surface area (Å²) in [5.74, 6) is 0.987. The van der Waals surface area contributed by atoms with Crippen LogP contribution in [0.1, 0.15) is 23.6 Å². The average molecular weight is 342 g/mol. The van der Waals surface area contributed by atoms with Crippen LogP contribution < -0.4 is 0 Å². The molecule has 0 saturated heterocycles. The first-order valence-electron chi connectivity index (χ1n) is 7.99. The third-order valence-electron chi connectivity index (χ3n) is 4.30. The Balaban J connectivity index is 1.62. The molecular formula is C19H22N2O2S. The van der Waals surface area contributed by atoms with Gasteiger partial charge in [-0.05, 0) is 37.6 Å². The SMILES string of the molecule is CC(c1cc2ccccc2o1)N(C)CC(=O)N(C)Cc1cccs1. The molecule has 0 bridgehead atoms. The lowest BCUT2D eigenvalue weighted by Gasteiger charge is -2.25. The monoisotopic (exact) mass is 342 g/mol. The highest BCUT2D eigenvalue weighted by Crippen LogP contribution is 2.26. The van der Waals surface area contributed by atoms with Gasteiger partial charge in [-0.15, -0.1) is 11.3 Å². The van der Waals surface area contributed by atoms with E-state index in [1.54, 1.807) is 16.2 Å². The van der Waals surface area contributed by atoms with Crippen molar-refractivity contribution in [2.24, 2.45) is 0 Å². The van der Waals surface area contributed by atoms with Crippen molar-refractivity contribution in [2.75, 3.05) is 20.6 Å². The molecule has 3 aromatic rings. The van der Waals surface area contributed by atoms with Crippen molar-refractivity contribution >= 4 is 28.2 Å². The van der Waals surface area contributed by atoms with Crippen LogP contribution in [-0.4, -0.2) is 36.3 Å². The van der Waals surface area contributed by atoms with Crippen LogP contribution in [0.25, 0.3) is 11.0 Å². The van der Waals surface area contributed by atoms with Gasteiger partial charge in [0.1, 0.15) is 11.3 Å². The van der Waals surface area contributed by atoms with E-state index in [0.29, 0.717) is 13.1 Å². The molecule has 4 nitrogen and oxygen atoms in total. The summed E-state index contributed by atoms with van der Waals surface area (Å²) < 4.78 is 5.91. The van der Waals surface area contributed by atoms with Gasteiger partial charge in [0.25, 0.3) is 0 Å². The van der Waals surface area contributed by atoms with Gasteiger partial charge in [-0.1, -0.05) is 24.3 Å². The molecule has 2 heterocycles. The number of fused-ring (bicyclic) bond motifs is 1. The lowest BCUT2D eigenvalue weighted by molar-refractivity contribution is -0.131. The van der Waals surface area contributed by atoms with E-state index in [2.05, 4.69) is 19.1 Å². The van der Waals surface area contributed by atoms with Crippen molar-refractivity contribution in [3.05, 3.63) is 58.5 Å². The number of likely N-dealkylation sites (N-methyl/N-ethyl adjacent to an activating group) is 2. The lowest BCUT2D eigenvalue weighted by Crippen LogP contribution is -2.37. The minimum atomic E-state index is 0.0384. The summed E-state index contributed by atoms with van der Waals surface area (Å²) in [6.45, 7) is 3.08. The molecule has 0 saturated carbocycles. The third kappa shape index (κ3) is 3.68. The minimum Gasteiger partial charge on any atom is -0.459 e. The Morgan fingerprint density at radius 3 is 2.71 bits per heavy atom. The van der Waals surface area contributed by atoms with Crippen LogP contribution in [0.15, 0.2) is 52.3 Å². The fourth-order valence-electron chi connectivity index (χ4n) is 2.62. The van der Waals surface area contributed by atoms with Crippen molar-refractivity contribution in [2.45, 2.75) is 19.5 Å². The zero-order valence-corrected chi connectivity index (χ0v) is 15.0. The number of amides is 1. The molecule has 0 N–H and O–H groups in total. The minimum absolute atomic E-state index is 0.0384. The number of benzene rings is 1. The van der Waals surface area contributed by atoms with E-state index in [-0.39, 0.29) is 11.9 Å². The maximum Gasteiger partial charge on any atom is 0.236 e. The molecule has 1 aromatic carbocycles. The molecule has 126 valence electrons. The number of furan rings is 1. The van der Waals surface area contributed by atoms with Crippen LogP contribution in [0, 0.1) is 0 Å². The van der Waals surface area contributed by atoms with E-state index < -0.39 is 0 Å². The van der Waals surface area contributed by atoms with E-state index >= 15 is 0 Å². The van der Waals surface area contributed by atoms with Crippen molar-refractivity contribution in [3.8, 4) is 0 Å². The summed E-state index contributed by atoms with van der Waals surface area (Å²) in [4.78, 5) is 17.4. The number of carbonyl (C=O) groups excluding carboxylic acids is 1. The van der Waals surface area contributed by atoms with Gasteiger partial charge in [-0.25, -0.2) is 0 Å². The number of rotatable bonds is 6. The Morgan fingerprint density at radius 2 is 2.00 bits per heavy atom. The van der Waals surface area contributed by atoms with Crippen LogP contribution in [0.5, 0.6) is 0 Å². The van der Waals surface area contributed by atoms with Crippen molar-refractivity contribution in [1.82, 2.24) is 9.80 Å². The Labute approximate surface area is 146 Å². The van der Waals surface area contributed by atoms with Crippen molar-refractivity contribution in [1.29, 1.82) is 0 Å². The number of para-hydroxylation sites is 1. The Kier molecular flexibility index (Phi) is 5.02. The highest BCUT2D eigenvalue weighted by Gasteiger charge is 2.20. The standard InChI is InChI=1S/C19H22N2O2S/c1-14(18-11-15-7-4-5-9-17(15)23-18)20(2)13-19(22)21(3)12-16-8-6-10-24-16/h4-11,14H,12-13H2,1-3H3. The summed E-state index contributed by atoms with van der Waals surface area (Å²) in [5.41, 5.74) is 0.883. The predicted molar refractivity (Wildman–Crippen MR) is 98.1 cm³/mol. The molecule has 3 rings (SSSR count). The average Bonchev–Trinajstić information content (AvgIpc) is 3.22. The summed E-state index contributed by atoms with van der Waals surface area (Å²) in [5, 5.41) is 3.12. The summed E-state index contributed by atoms with van der Waals surface area (Å²) in [7, 11) is 3.80. The molecule has 1 atom stereocenters. The molecule has 0 aliphatic heterocycles. The number of nitrogens with zero attached hydrogens (tertiary/aromatic N) is 2. The van der Waals surface area contributed by atoms with Crippen LogP contribution in [0.3, 0.4) is 0 Å². The van der Waals surface area contributed by atoms with E-state index in [4.69, 9.17) is 4.42 Å². The lowest BCUT2D eigenvalue weighted by atomic mass is 10.2. The number of hydrogen-bond donors (Lipinski definition) is 0. The molecule has 0 spiro atoms. The molecule has 2 aromatic heterocycles. The zero-order chi connectivity index (χ0) is 17.1. The maximum atomic E-state index is 12.4. The second-order valence-corrected chi connectivity index (χ2v) is 7.14. The first-order valence-corrected chi connectivity index (χ1v) is 8.87. The van der Waals surface area contributed by atoms with E-state index in [9.17, 15) is 4.79 Å². The summed E-state index contributed by atoms with van der Waals surface area (Å²) >= 11 is 1.67. The van der Waals surface area contributed by atoms with Gasteiger partial charge in [0.15, 0.2) is 0 Å². The van der Waals surface area contributed by atoms with Crippen LogP contribution in [0.2, 0.25) is 0 Å². The normalized spacial score (nSPS) is 12.7. The number of thiophene rings is 1. The highest BCUT2D eigenvalue weighted by molar-refractivity contribution is 7.09. The van der Waals surface area contributed by atoms with Gasteiger partial charge in [-0.3, -0.25) is 9.69 Å². The van der Waals surface area contributed by atoms with Gasteiger partial charge < -0.3 is 9.32 Å². The van der Waals surface area contributed by atoms with Crippen LogP contribution in [0.4, 0.5) is 0 Å². The van der Waals surface area contributed by atoms with Gasteiger partial charge in [0, 0.05) is 17.3 Å². The maximum absolute atomic E-state index is 12.4. The largest absolute Gasteiger partial charge is 0.459 e. The molecule has 5 heteroatoms. The predicted octanol–water partition coefficient (Wildman–Crippen LogP) is 4.15. The molecule has 0 fully saturated rings. The van der Waals surface area contributed by atoms with Gasteiger partial charge in [0.2, 0.25) is 5.91 Å². The highest BCUT2D eigenvalue weighted by atomic mass is 32.1. The van der Waals surface area contributed by atoms with Crippen LogP contribution >= 0.6 is 11.3 Å². The molecule has 1 unspecified atom stereocenters. The second kappa shape index (κ2) is 7.20. The quantitative estimate of drug-likeness (QED) is 0.675. The third-order valence-corrected chi connectivity index (χ3v) is 5.16. The zero-order valence-electron chi connectivity index (χ0n) is 14.2. The van der Waals surface area contributed by atoms with Crippen molar-refractivity contribution in [3.63, 3.8) is 0 Å². The van der Waals surface area contributed by atoms with Gasteiger partial charge >= 0.3 is 0 Å². The summed E-state index contributed by atoms with van der Waals surface area (Å²) in [6, 6.07) is 14.1. The van der Waals surface area contributed by atoms with Crippen molar-refractivity contribution < 1.29 is 9.21 Å². The number of hydrogen-bond acceptors (Lipinski definition) is 4. The Hall–Kier alpha value is -2.11. The van der Waals surface area contributed by atoms with Gasteiger partial charge in [0.05, 0.1) is 19.1 Å². The molecular weight excluding hydrogens is 320 g/mol. The fraction of sp³-hybridized carbons (Fsp3) is 0.316. The summed E-state index contributed by atoms with van der Waals surface area (Å²) in [6.07, 6.45) is 0. The van der Waals surface area contributed by atoms with E-state index in [1.165, 1.54) is 4.88 Å². The smallest absolute Gasteiger partial charge is 0.236 e. The second-order valence-electron chi connectivity index (χ2n) is 6.11.